The van der Waals surface area contributed by atoms with Gasteiger partial charge < -0.3 is 15.0 Å². The number of para-hydroxylation sites is 1. The fourth-order valence-corrected chi connectivity index (χ4v) is 3.74. The van der Waals surface area contributed by atoms with Crippen molar-refractivity contribution < 1.29 is 14.7 Å². The highest BCUT2D eigenvalue weighted by molar-refractivity contribution is 6.11. The van der Waals surface area contributed by atoms with Crippen molar-refractivity contribution in [3.63, 3.8) is 0 Å². The summed E-state index contributed by atoms with van der Waals surface area (Å²) < 4.78 is 2.23. The van der Waals surface area contributed by atoms with Crippen molar-refractivity contribution >= 4 is 39.9 Å². The molecule has 34 heavy (non-hydrogen) atoms. The van der Waals surface area contributed by atoms with Crippen LogP contribution in [0.5, 0.6) is 0 Å². The van der Waals surface area contributed by atoms with Crippen LogP contribution in [0.4, 0.5) is 0 Å². The van der Waals surface area contributed by atoms with E-state index in [2.05, 4.69) is 27.1 Å². The van der Waals surface area contributed by atoms with Crippen LogP contribution in [0.3, 0.4) is 0 Å². The number of aromatic nitrogens is 1. The van der Waals surface area contributed by atoms with E-state index in [1.807, 2.05) is 61.6 Å². The van der Waals surface area contributed by atoms with Crippen molar-refractivity contribution in [3.05, 3.63) is 83.4 Å². The summed E-state index contributed by atoms with van der Waals surface area (Å²) in [5.74, 6) is -0.770. The number of hydrogen-bond acceptors (Lipinski definition) is 5. The molecule has 1 aromatic heterocycles. The molecule has 1 heterocycles. The van der Waals surface area contributed by atoms with Gasteiger partial charge in [0.2, 0.25) is 0 Å². The molecule has 4 rings (SSSR count). The first-order valence-corrected chi connectivity index (χ1v) is 10.9. The highest BCUT2D eigenvalue weighted by atomic mass is 16.4. The highest BCUT2D eigenvalue weighted by Crippen LogP contribution is 2.30. The van der Waals surface area contributed by atoms with Crippen molar-refractivity contribution in [1.82, 2.24) is 9.88 Å². The second-order valence-electron chi connectivity index (χ2n) is 7.76. The summed E-state index contributed by atoms with van der Waals surface area (Å²) in [5, 5.41) is 24.1. The number of hydrogen-bond donors (Lipinski definition) is 4. The Hall–Kier alpha value is -4.17. The first kappa shape index (κ1) is 24.5. The summed E-state index contributed by atoms with van der Waals surface area (Å²) in [6.45, 7) is 1.47. The number of nitrogens with zero attached hydrogens (tertiary/aromatic N) is 2. The first-order valence-electron chi connectivity index (χ1n) is 10.9. The van der Waals surface area contributed by atoms with Crippen LogP contribution in [0.25, 0.3) is 21.8 Å². The molecule has 0 saturated heterocycles. The largest absolute Gasteiger partial charge is 0.481 e. The third kappa shape index (κ3) is 5.79. The summed E-state index contributed by atoms with van der Waals surface area (Å²) in [6.07, 6.45) is 1.82. The quantitative estimate of drug-likeness (QED) is 0.0965. The molecule has 0 aliphatic rings. The molecule has 0 aliphatic heterocycles. The van der Waals surface area contributed by atoms with Crippen molar-refractivity contribution in [3.8, 4) is 0 Å². The zero-order valence-electron chi connectivity index (χ0n) is 18.9. The molecule has 0 bridgehead atoms. The van der Waals surface area contributed by atoms with Crippen LogP contribution in [0, 0.1) is 10.9 Å². The summed E-state index contributed by atoms with van der Waals surface area (Å²) >= 11 is 0. The molecule has 0 atom stereocenters. The van der Waals surface area contributed by atoms with E-state index in [1.165, 1.54) is 0 Å². The molecule has 3 aromatic carbocycles. The number of carboxylic acid groups (broad SMARTS) is 1. The minimum absolute atomic E-state index is 0.0480. The minimum Gasteiger partial charge on any atom is -0.481 e. The van der Waals surface area contributed by atoms with Crippen molar-refractivity contribution in [2.45, 2.75) is 19.4 Å². The molecule has 0 aliphatic carbocycles. The smallest absolute Gasteiger partial charge is 0.303 e. The molecule has 0 spiro atoms. The monoisotopic (exact) mass is 457 g/mol. The maximum Gasteiger partial charge on any atom is 0.303 e. The predicted octanol–water partition coefficient (Wildman–Crippen LogP) is 5.08. The third-order valence-corrected chi connectivity index (χ3v) is 5.43. The molecule has 4 aromatic rings. The standard InChI is InChI=1S/C21H16N4O.C5H11NO2/c22-21(24-23)16-9-10-20-18(11-16)17-3-1-2-4-19(17)25(20)12-14-5-7-15(13-26)8-6-14;1-6-4-2-3-5(7)8/h1-11,13,22-23H,12H2;6H,2-4H2,1H3,(H,7,8). The van der Waals surface area contributed by atoms with Gasteiger partial charge in [-0.15, -0.1) is 5.11 Å². The molecular weight excluding hydrogens is 430 g/mol. The van der Waals surface area contributed by atoms with Crippen LogP contribution in [0.2, 0.25) is 0 Å². The zero-order chi connectivity index (χ0) is 24.5. The topological polar surface area (TPSA) is 131 Å². The normalized spacial score (nSPS) is 10.5. The molecule has 0 saturated carbocycles. The van der Waals surface area contributed by atoms with Crippen molar-refractivity contribution in [1.29, 1.82) is 10.9 Å². The van der Waals surface area contributed by atoms with Crippen LogP contribution in [0.15, 0.2) is 71.8 Å². The van der Waals surface area contributed by atoms with Crippen LogP contribution in [-0.4, -0.2) is 41.4 Å². The number of fused-ring (bicyclic) bond motifs is 3. The lowest BCUT2D eigenvalue weighted by Crippen LogP contribution is -2.09. The summed E-state index contributed by atoms with van der Waals surface area (Å²) in [7, 11) is 1.81. The SMILES string of the molecule is CNCCCC(=O)O.N=NC(=N)c1ccc2c(c1)c1ccccc1n2Cc1ccc(C=O)cc1. The number of rotatable bonds is 8. The van der Waals surface area contributed by atoms with Crippen molar-refractivity contribution in [2.24, 2.45) is 5.11 Å². The van der Waals surface area contributed by atoms with Crippen LogP contribution < -0.4 is 5.32 Å². The van der Waals surface area contributed by atoms with Gasteiger partial charge in [0, 0.05) is 45.9 Å². The van der Waals surface area contributed by atoms with Gasteiger partial charge in [0.25, 0.3) is 0 Å². The van der Waals surface area contributed by atoms with Crippen LogP contribution >= 0.6 is 0 Å². The number of carbonyl (C=O) groups excluding carboxylic acids is 1. The third-order valence-electron chi connectivity index (χ3n) is 5.43. The molecule has 0 amide bonds. The van der Waals surface area contributed by atoms with Crippen molar-refractivity contribution in [2.75, 3.05) is 13.6 Å². The molecule has 4 N–H and O–H groups in total. The Balaban J connectivity index is 0.000000350. The zero-order valence-corrected chi connectivity index (χ0v) is 18.9. The number of carboxylic acids is 1. The van der Waals surface area contributed by atoms with E-state index >= 15 is 0 Å². The van der Waals surface area contributed by atoms with Gasteiger partial charge in [-0.25, -0.2) is 5.53 Å². The number of benzene rings is 3. The van der Waals surface area contributed by atoms with E-state index in [0.29, 0.717) is 24.1 Å². The summed E-state index contributed by atoms with van der Waals surface area (Å²) in [6, 6.07) is 21.5. The Kier molecular flexibility index (Phi) is 8.37. The fourth-order valence-electron chi connectivity index (χ4n) is 3.74. The Morgan fingerprint density at radius 1 is 1.06 bits per heavy atom. The lowest BCUT2D eigenvalue weighted by molar-refractivity contribution is -0.137. The molecule has 8 nitrogen and oxygen atoms in total. The molecule has 0 fully saturated rings. The Morgan fingerprint density at radius 2 is 1.76 bits per heavy atom. The van der Waals surface area contributed by atoms with E-state index in [9.17, 15) is 9.59 Å². The van der Waals surface area contributed by atoms with Gasteiger partial charge in [-0.2, -0.15) is 0 Å². The highest BCUT2D eigenvalue weighted by Gasteiger charge is 2.12. The van der Waals surface area contributed by atoms with Gasteiger partial charge in [-0.3, -0.25) is 15.0 Å². The first-order chi connectivity index (χ1) is 16.5. The lowest BCUT2D eigenvalue weighted by atomic mass is 10.1. The van der Waals surface area contributed by atoms with Crippen LogP contribution in [-0.2, 0) is 11.3 Å². The van der Waals surface area contributed by atoms with Gasteiger partial charge in [0.05, 0.1) is 0 Å². The maximum atomic E-state index is 10.9. The summed E-state index contributed by atoms with van der Waals surface area (Å²) in [5.41, 5.74) is 11.6. The second-order valence-corrected chi connectivity index (χ2v) is 7.76. The van der Waals surface area contributed by atoms with E-state index in [4.69, 9.17) is 16.0 Å². The van der Waals surface area contributed by atoms with E-state index in [1.54, 1.807) is 0 Å². The average molecular weight is 458 g/mol. The second kappa shape index (κ2) is 11.6. The van der Waals surface area contributed by atoms with E-state index in [0.717, 1.165) is 40.2 Å². The number of aliphatic carboxylic acids is 1. The predicted molar refractivity (Wildman–Crippen MR) is 133 cm³/mol. The Labute approximate surface area is 197 Å². The van der Waals surface area contributed by atoms with Gasteiger partial charge in [-0.05, 0) is 49.8 Å². The average Bonchev–Trinajstić information content (AvgIpc) is 3.17. The van der Waals surface area contributed by atoms with Crippen LogP contribution in [0.1, 0.15) is 34.3 Å². The number of nitrogens with one attached hydrogen (secondary N) is 3. The number of carbonyl (C=O) groups is 2. The molecule has 8 heteroatoms. The molecule has 174 valence electrons. The van der Waals surface area contributed by atoms with Gasteiger partial charge >= 0.3 is 5.97 Å². The minimum atomic E-state index is -0.722. The lowest BCUT2D eigenvalue weighted by Gasteiger charge is -2.08. The number of aldehydes is 1. The van der Waals surface area contributed by atoms with E-state index in [-0.39, 0.29) is 12.3 Å². The van der Waals surface area contributed by atoms with Gasteiger partial charge in [-0.1, -0.05) is 42.5 Å². The fraction of sp³-hybridized carbons (Fsp3) is 0.192. The summed E-state index contributed by atoms with van der Waals surface area (Å²) in [4.78, 5) is 20.7. The van der Waals surface area contributed by atoms with Gasteiger partial charge in [0.1, 0.15) is 6.29 Å². The molecule has 0 unspecified atom stereocenters. The number of amidine groups is 1. The molecule has 0 radical (unpaired) electrons. The Bertz CT molecular complexity index is 1330. The molecular formula is C26H27N5O3. The Morgan fingerprint density at radius 3 is 2.41 bits per heavy atom. The van der Waals surface area contributed by atoms with Gasteiger partial charge in [0.15, 0.2) is 5.84 Å². The maximum absolute atomic E-state index is 10.9. The van der Waals surface area contributed by atoms with E-state index < -0.39 is 5.97 Å².